The molecule has 6 rings (SSSR count). The molecule has 0 atom stereocenters. The van der Waals surface area contributed by atoms with Gasteiger partial charge >= 0.3 is 0 Å². The molecule has 42 heavy (non-hydrogen) atoms. The van der Waals surface area contributed by atoms with Gasteiger partial charge in [-0.15, -0.1) is 11.3 Å². The van der Waals surface area contributed by atoms with Crippen LogP contribution in [0.4, 0.5) is 0 Å². The molecule has 10 heteroatoms. The molecule has 0 unspecified atom stereocenters. The lowest BCUT2D eigenvalue weighted by molar-refractivity contribution is -0.126. The first kappa shape index (κ1) is 28.6. The molecule has 1 saturated carbocycles. The smallest absolute Gasteiger partial charge is 0.280 e. The summed E-state index contributed by atoms with van der Waals surface area (Å²) >= 11 is 1.61. The van der Waals surface area contributed by atoms with Gasteiger partial charge in [-0.05, 0) is 94.4 Å². The molecule has 2 amide bonds. The molecule has 2 aliphatic rings. The molecule has 2 fully saturated rings. The van der Waals surface area contributed by atoms with E-state index in [0.717, 1.165) is 66.4 Å². The van der Waals surface area contributed by atoms with Gasteiger partial charge in [-0.3, -0.25) is 14.5 Å². The second kappa shape index (κ2) is 12.8. The first-order chi connectivity index (χ1) is 20.4. The number of benzene rings is 1. The summed E-state index contributed by atoms with van der Waals surface area (Å²) in [5, 5.41) is 6.21. The van der Waals surface area contributed by atoms with Crippen LogP contribution in [-0.4, -0.2) is 63.5 Å². The largest absolute Gasteiger partial charge is 0.476 e. The molecule has 9 nitrogen and oxygen atoms in total. The molecule has 0 spiro atoms. The van der Waals surface area contributed by atoms with Gasteiger partial charge in [-0.2, -0.15) is 4.99 Å². The maximum atomic E-state index is 13.4. The Balaban J connectivity index is 1.29. The number of hydrogen-bond acceptors (Lipinski definition) is 6. The highest BCUT2D eigenvalue weighted by atomic mass is 32.1. The van der Waals surface area contributed by atoms with E-state index in [1.165, 1.54) is 19.3 Å². The van der Waals surface area contributed by atoms with Gasteiger partial charge in [0.05, 0.1) is 17.2 Å². The van der Waals surface area contributed by atoms with E-state index in [0.29, 0.717) is 23.7 Å². The van der Waals surface area contributed by atoms with E-state index in [9.17, 15) is 9.59 Å². The fraction of sp³-hybridized carbons (Fsp3) is 0.500. The third kappa shape index (κ3) is 6.44. The molecule has 1 aliphatic heterocycles. The maximum Gasteiger partial charge on any atom is 0.280 e. The number of nitrogens with one attached hydrogen (secondary N) is 2. The Morgan fingerprint density at radius 3 is 2.71 bits per heavy atom. The number of hydrogen-bond donors (Lipinski definition) is 2. The van der Waals surface area contributed by atoms with Crippen molar-refractivity contribution in [3.05, 3.63) is 53.1 Å². The van der Waals surface area contributed by atoms with Crippen LogP contribution >= 0.6 is 11.3 Å². The second-order valence-corrected chi connectivity index (χ2v) is 12.8. The highest BCUT2D eigenvalue weighted by molar-refractivity contribution is 7.17. The highest BCUT2D eigenvalue weighted by Crippen LogP contribution is 2.34. The van der Waals surface area contributed by atoms with Crippen LogP contribution in [-0.2, 0) is 4.79 Å². The van der Waals surface area contributed by atoms with Gasteiger partial charge in [0.25, 0.3) is 5.91 Å². The summed E-state index contributed by atoms with van der Waals surface area (Å²) in [6.45, 7) is 7.71. The number of nitrogens with zero attached hydrogens (tertiary/aromatic N) is 4. The van der Waals surface area contributed by atoms with Crippen molar-refractivity contribution in [1.82, 2.24) is 24.8 Å². The fourth-order valence-corrected chi connectivity index (χ4v) is 7.08. The van der Waals surface area contributed by atoms with Gasteiger partial charge in [-0.1, -0.05) is 12.5 Å². The highest BCUT2D eigenvalue weighted by Gasteiger charge is 2.29. The number of imidazole rings is 1. The number of aromatic amines is 1. The van der Waals surface area contributed by atoms with Gasteiger partial charge in [0.15, 0.2) is 0 Å². The molecular weight excluding hydrogens is 548 g/mol. The van der Waals surface area contributed by atoms with E-state index in [-0.39, 0.29) is 29.8 Å². The SMILES string of the molecule is CC(C)NC(=O)[C@H]1CC[C@@H](n2/c(=N/C(=O)c3ccc4ccsc4c3)[nH]c3cnc(OCCN4CCCCC4)cc32)CC1. The number of thiophene rings is 1. The van der Waals surface area contributed by atoms with Crippen LogP contribution in [0.25, 0.3) is 21.1 Å². The number of H-pyrrole nitrogens is 1. The summed E-state index contributed by atoms with van der Waals surface area (Å²) in [5.41, 5.74) is 2.78. The standard InChI is InChI=1S/C32H40N6O3S/c1-21(2)34-30(39)23-8-10-25(11-9-23)38-27-19-29(41-16-15-37-13-4-3-5-14-37)33-20-26(27)35-32(38)36-31(40)24-7-6-22-12-17-42-28(22)18-24/h6-7,12,17-21,23,25H,3-5,8-11,13-16H2,1-2H3,(H,34,39)(H,35,36,40)/t23-,25+. The Kier molecular flexibility index (Phi) is 8.71. The Bertz CT molecular complexity index is 1620. The van der Waals surface area contributed by atoms with E-state index >= 15 is 0 Å². The predicted molar refractivity (Wildman–Crippen MR) is 166 cm³/mol. The number of likely N-dealkylation sites (tertiary alicyclic amines) is 1. The van der Waals surface area contributed by atoms with Gasteiger partial charge < -0.3 is 19.6 Å². The van der Waals surface area contributed by atoms with E-state index in [1.807, 2.05) is 49.6 Å². The van der Waals surface area contributed by atoms with E-state index in [2.05, 4.69) is 29.7 Å². The van der Waals surface area contributed by atoms with Gasteiger partial charge in [0.2, 0.25) is 17.4 Å². The number of ether oxygens (including phenoxy) is 1. The number of pyridine rings is 1. The van der Waals surface area contributed by atoms with Crippen LogP contribution in [0.15, 0.2) is 46.9 Å². The number of amides is 2. The van der Waals surface area contributed by atoms with Crippen molar-refractivity contribution >= 4 is 44.3 Å². The van der Waals surface area contributed by atoms with Gasteiger partial charge in [0.1, 0.15) is 6.61 Å². The minimum atomic E-state index is -0.290. The minimum Gasteiger partial charge on any atom is -0.476 e. The van der Waals surface area contributed by atoms with E-state index < -0.39 is 0 Å². The maximum absolute atomic E-state index is 13.4. The molecule has 1 aromatic carbocycles. The molecule has 222 valence electrons. The van der Waals surface area contributed by atoms with Crippen LogP contribution in [0.5, 0.6) is 5.88 Å². The molecule has 4 heterocycles. The fourth-order valence-electron chi connectivity index (χ4n) is 6.26. The molecule has 0 bridgehead atoms. The lowest BCUT2D eigenvalue weighted by atomic mass is 9.85. The number of carbonyl (C=O) groups excluding carboxylic acids is 2. The number of carbonyl (C=O) groups is 2. The van der Waals surface area contributed by atoms with E-state index in [1.54, 1.807) is 17.5 Å². The average molecular weight is 589 g/mol. The van der Waals surface area contributed by atoms with Crippen LogP contribution in [0.3, 0.4) is 0 Å². The molecule has 2 N–H and O–H groups in total. The van der Waals surface area contributed by atoms with Crippen molar-refractivity contribution < 1.29 is 14.3 Å². The van der Waals surface area contributed by atoms with Crippen molar-refractivity contribution in [2.24, 2.45) is 10.9 Å². The van der Waals surface area contributed by atoms with Crippen molar-refractivity contribution in [2.45, 2.75) is 70.9 Å². The van der Waals surface area contributed by atoms with Crippen LogP contribution in [0.1, 0.15) is 75.2 Å². The first-order valence-electron chi connectivity index (χ1n) is 15.3. The molecular formula is C32H40N6O3S. The third-order valence-electron chi connectivity index (χ3n) is 8.47. The lowest BCUT2D eigenvalue weighted by Crippen LogP contribution is -2.38. The Labute approximate surface area is 250 Å². The summed E-state index contributed by atoms with van der Waals surface area (Å²) in [5.74, 6) is 0.411. The molecule has 0 radical (unpaired) electrons. The molecule has 1 saturated heterocycles. The summed E-state index contributed by atoms with van der Waals surface area (Å²) < 4.78 is 9.30. The average Bonchev–Trinajstić information content (AvgIpc) is 3.61. The monoisotopic (exact) mass is 588 g/mol. The van der Waals surface area contributed by atoms with Crippen LogP contribution in [0.2, 0.25) is 0 Å². The van der Waals surface area contributed by atoms with Crippen LogP contribution < -0.4 is 15.7 Å². The van der Waals surface area contributed by atoms with Crippen molar-refractivity contribution in [3.63, 3.8) is 0 Å². The summed E-state index contributed by atoms with van der Waals surface area (Å²) in [6.07, 6.45) is 8.79. The normalized spacial score (nSPS) is 20.4. The number of fused-ring (bicyclic) bond motifs is 2. The summed E-state index contributed by atoms with van der Waals surface area (Å²) in [6, 6.07) is 9.94. The lowest BCUT2D eigenvalue weighted by Gasteiger charge is -2.29. The Morgan fingerprint density at radius 1 is 1.12 bits per heavy atom. The second-order valence-electron chi connectivity index (χ2n) is 11.9. The summed E-state index contributed by atoms with van der Waals surface area (Å²) in [4.78, 5) is 41.1. The Hall–Kier alpha value is -3.50. The van der Waals surface area contributed by atoms with Crippen molar-refractivity contribution in [2.75, 3.05) is 26.2 Å². The number of rotatable bonds is 8. The molecule has 3 aromatic heterocycles. The predicted octanol–water partition coefficient (Wildman–Crippen LogP) is 5.44. The third-order valence-corrected chi connectivity index (χ3v) is 9.35. The van der Waals surface area contributed by atoms with Gasteiger partial charge in [0, 0.05) is 40.9 Å². The van der Waals surface area contributed by atoms with E-state index in [4.69, 9.17) is 4.74 Å². The number of aromatic nitrogens is 3. The minimum absolute atomic E-state index is 0.00403. The Morgan fingerprint density at radius 2 is 1.93 bits per heavy atom. The van der Waals surface area contributed by atoms with Gasteiger partial charge in [-0.25, -0.2) is 4.98 Å². The summed E-state index contributed by atoms with van der Waals surface area (Å²) in [7, 11) is 0. The first-order valence-corrected chi connectivity index (χ1v) is 16.1. The number of piperidine rings is 1. The van der Waals surface area contributed by atoms with Crippen molar-refractivity contribution in [1.29, 1.82) is 0 Å². The zero-order chi connectivity index (χ0) is 29.1. The topological polar surface area (TPSA) is 105 Å². The zero-order valence-electron chi connectivity index (χ0n) is 24.5. The molecule has 1 aliphatic carbocycles. The quantitative estimate of drug-likeness (QED) is 0.285. The molecule has 4 aromatic rings. The van der Waals surface area contributed by atoms with Crippen LogP contribution in [0, 0.1) is 5.92 Å². The van der Waals surface area contributed by atoms with Crippen molar-refractivity contribution in [3.8, 4) is 5.88 Å². The zero-order valence-corrected chi connectivity index (χ0v) is 25.3.